The fourth-order valence-electron chi connectivity index (χ4n) is 5.09. The second-order valence-electron chi connectivity index (χ2n) is 9.85. The molecule has 1 saturated carbocycles. The van der Waals surface area contributed by atoms with Crippen LogP contribution in [-0.4, -0.2) is 7.11 Å². The molecule has 0 atom stereocenters. The van der Waals surface area contributed by atoms with Gasteiger partial charge in [0, 0.05) is 7.11 Å². The summed E-state index contributed by atoms with van der Waals surface area (Å²) in [4.78, 5) is 0. The van der Waals surface area contributed by atoms with Crippen LogP contribution in [0.2, 0.25) is 0 Å². The Morgan fingerprint density at radius 2 is 1.34 bits per heavy atom. The molecule has 0 radical (unpaired) electrons. The topological polar surface area (TPSA) is 9.23 Å². The van der Waals surface area contributed by atoms with E-state index in [0.717, 1.165) is 11.8 Å². The van der Waals surface area contributed by atoms with Gasteiger partial charge in [-0.1, -0.05) is 113 Å². The van der Waals surface area contributed by atoms with E-state index in [9.17, 15) is 0 Å². The molecule has 2 aromatic rings. The van der Waals surface area contributed by atoms with Gasteiger partial charge in [0.05, 0.1) is 6.61 Å². The number of ether oxygens (including phenoxy) is 1. The maximum Gasteiger partial charge on any atom is 0.0713 e. The van der Waals surface area contributed by atoms with Crippen molar-refractivity contribution in [3.63, 3.8) is 0 Å². The maximum absolute atomic E-state index is 5.21. The van der Waals surface area contributed by atoms with Crippen molar-refractivity contribution in [2.45, 2.75) is 90.6 Å². The molecule has 1 aliphatic carbocycles. The first-order valence-corrected chi connectivity index (χ1v) is 13.1. The molecule has 3 rings (SSSR count). The van der Waals surface area contributed by atoms with Crippen LogP contribution < -0.4 is 0 Å². The first-order chi connectivity index (χ1) is 15.8. The summed E-state index contributed by atoms with van der Waals surface area (Å²) in [5.41, 5.74) is 5.59. The van der Waals surface area contributed by atoms with Gasteiger partial charge in [0.1, 0.15) is 0 Å². The minimum absolute atomic E-state index is 0.716. The third kappa shape index (κ3) is 8.94. The largest absolute Gasteiger partial charge is 0.380 e. The van der Waals surface area contributed by atoms with Gasteiger partial charge in [-0.15, -0.1) is 0 Å². The van der Waals surface area contributed by atoms with E-state index in [1.165, 1.54) is 99.3 Å². The number of allylic oxidation sites excluding steroid dienone is 1. The van der Waals surface area contributed by atoms with Gasteiger partial charge in [-0.2, -0.15) is 0 Å². The average Bonchev–Trinajstić information content (AvgIpc) is 2.83. The molecular weight excluding hydrogens is 388 g/mol. The summed E-state index contributed by atoms with van der Waals surface area (Å²) in [5, 5.41) is 0. The first kappa shape index (κ1) is 24.8. The Bertz CT molecular complexity index is 763. The molecule has 0 unspecified atom stereocenters. The van der Waals surface area contributed by atoms with Crippen LogP contribution in [0.25, 0.3) is 6.08 Å². The van der Waals surface area contributed by atoms with Crippen molar-refractivity contribution >= 4 is 6.08 Å². The van der Waals surface area contributed by atoms with E-state index in [-0.39, 0.29) is 0 Å². The zero-order valence-corrected chi connectivity index (χ0v) is 20.5. The van der Waals surface area contributed by atoms with E-state index >= 15 is 0 Å². The van der Waals surface area contributed by atoms with Gasteiger partial charge in [-0.3, -0.25) is 0 Å². The minimum Gasteiger partial charge on any atom is -0.380 e. The van der Waals surface area contributed by atoms with Crippen molar-refractivity contribution in [3.05, 3.63) is 76.9 Å². The predicted octanol–water partition coefficient (Wildman–Crippen LogP) is 8.80. The Balaban J connectivity index is 1.26. The lowest BCUT2D eigenvalue weighted by atomic mass is 9.77. The summed E-state index contributed by atoms with van der Waals surface area (Å²) in [7, 11) is 1.76. The lowest BCUT2D eigenvalue weighted by Gasteiger charge is -2.28. The smallest absolute Gasteiger partial charge is 0.0713 e. The number of unbranched alkanes of at least 4 members (excludes halogenated alkanes) is 2. The van der Waals surface area contributed by atoms with E-state index in [1.54, 1.807) is 7.11 Å². The number of hydrogen-bond donors (Lipinski definition) is 0. The van der Waals surface area contributed by atoms with Crippen molar-refractivity contribution in [1.82, 2.24) is 0 Å². The fraction of sp³-hybridized carbons (Fsp3) is 0.548. The molecule has 1 aliphatic rings. The molecule has 0 amide bonds. The lowest BCUT2D eigenvalue weighted by Crippen LogP contribution is -2.15. The summed E-state index contributed by atoms with van der Waals surface area (Å²) in [5.74, 6) is 1.92. The number of hydrogen-bond acceptors (Lipinski definition) is 1. The minimum atomic E-state index is 0.716. The van der Waals surface area contributed by atoms with Crippen LogP contribution in [0.4, 0.5) is 0 Å². The van der Waals surface area contributed by atoms with Crippen LogP contribution in [0.15, 0.2) is 54.6 Å². The Labute approximate surface area is 197 Å². The fourth-order valence-corrected chi connectivity index (χ4v) is 5.09. The van der Waals surface area contributed by atoms with Crippen LogP contribution in [0.5, 0.6) is 0 Å². The summed E-state index contributed by atoms with van der Waals surface area (Å²) in [6.45, 7) is 2.94. The Kier molecular flexibility index (Phi) is 11.1. The van der Waals surface area contributed by atoms with Gasteiger partial charge in [-0.25, -0.2) is 0 Å². The van der Waals surface area contributed by atoms with Crippen LogP contribution in [0.3, 0.4) is 0 Å². The highest BCUT2D eigenvalue weighted by molar-refractivity contribution is 5.49. The number of aryl methyl sites for hydroxylation is 2. The SMILES string of the molecule is CCC/C=C/c1ccc(CCCCC2CCC(CCc3ccc(COC)cc3)CC2)cc1. The molecule has 0 spiro atoms. The van der Waals surface area contributed by atoms with Crippen molar-refractivity contribution < 1.29 is 4.74 Å². The highest BCUT2D eigenvalue weighted by Crippen LogP contribution is 2.34. The lowest BCUT2D eigenvalue weighted by molar-refractivity contribution is 0.185. The van der Waals surface area contributed by atoms with Crippen LogP contribution in [0.1, 0.15) is 93.4 Å². The van der Waals surface area contributed by atoms with Crippen molar-refractivity contribution in [3.8, 4) is 0 Å². The van der Waals surface area contributed by atoms with E-state index in [0.29, 0.717) is 6.61 Å². The molecule has 0 saturated heterocycles. The number of methoxy groups -OCH3 is 1. The summed E-state index contributed by atoms with van der Waals surface area (Å²) in [6.07, 6.45) is 20.7. The van der Waals surface area contributed by atoms with Crippen LogP contribution in [0, 0.1) is 11.8 Å². The van der Waals surface area contributed by atoms with Gasteiger partial charge in [0.15, 0.2) is 0 Å². The summed E-state index contributed by atoms with van der Waals surface area (Å²) < 4.78 is 5.21. The molecule has 1 heteroatoms. The third-order valence-electron chi connectivity index (χ3n) is 7.21. The molecule has 0 bridgehead atoms. The zero-order valence-electron chi connectivity index (χ0n) is 20.5. The van der Waals surface area contributed by atoms with Gasteiger partial charge < -0.3 is 4.74 Å². The van der Waals surface area contributed by atoms with Crippen molar-refractivity contribution in [2.24, 2.45) is 11.8 Å². The molecule has 2 aromatic carbocycles. The third-order valence-corrected chi connectivity index (χ3v) is 7.21. The zero-order chi connectivity index (χ0) is 22.4. The standard InChI is InChI=1S/C31H44O/c1-3-4-5-8-26-11-13-27(14-12-26)9-6-7-10-28-15-17-29(18-16-28)19-20-30-21-23-31(24-22-30)25-32-2/h5,8,11-14,21-24,28-29H,3-4,6-7,9-10,15-20,25H2,1-2H3/b8-5+. The molecular formula is C31H44O. The highest BCUT2D eigenvalue weighted by atomic mass is 16.5. The molecule has 32 heavy (non-hydrogen) atoms. The number of rotatable bonds is 13. The molecule has 0 aliphatic heterocycles. The molecule has 1 fully saturated rings. The van der Waals surface area contributed by atoms with Gasteiger partial charge in [-0.05, 0) is 66.2 Å². The summed E-state index contributed by atoms with van der Waals surface area (Å²) in [6, 6.07) is 18.2. The Hall–Kier alpha value is -1.86. The predicted molar refractivity (Wildman–Crippen MR) is 139 cm³/mol. The van der Waals surface area contributed by atoms with Gasteiger partial charge in [0.25, 0.3) is 0 Å². The van der Waals surface area contributed by atoms with E-state index < -0.39 is 0 Å². The monoisotopic (exact) mass is 432 g/mol. The quantitative estimate of drug-likeness (QED) is 0.287. The van der Waals surface area contributed by atoms with E-state index in [4.69, 9.17) is 4.74 Å². The van der Waals surface area contributed by atoms with Gasteiger partial charge >= 0.3 is 0 Å². The van der Waals surface area contributed by atoms with E-state index in [2.05, 4.69) is 67.6 Å². The van der Waals surface area contributed by atoms with E-state index in [1.807, 2.05) is 0 Å². The van der Waals surface area contributed by atoms with Crippen molar-refractivity contribution in [1.29, 1.82) is 0 Å². The molecule has 174 valence electrons. The maximum atomic E-state index is 5.21. The highest BCUT2D eigenvalue weighted by Gasteiger charge is 2.20. The molecule has 0 heterocycles. The number of benzene rings is 2. The second kappa shape index (κ2) is 14.3. The second-order valence-corrected chi connectivity index (χ2v) is 9.85. The normalized spacial score (nSPS) is 18.9. The first-order valence-electron chi connectivity index (χ1n) is 13.1. The molecule has 1 nitrogen and oxygen atoms in total. The van der Waals surface area contributed by atoms with Gasteiger partial charge in [0.2, 0.25) is 0 Å². The van der Waals surface area contributed by atoms with Crippen molar-refractivity contribution in [2.75, 3.05) is 7.11 Å². The average molecular weight is 433 g/mol. The Morgan fingerprint density at radius 3 is 2.00 bits per heavy atom. The summed E-state index contributed by atoms with van der Waals surface area (Å²) >= 11 is 0. The van der Waals surface area contributed by atoms with Crippen LogP contribution >= 0.6 is 0 Å². The molecule has 0 N–H and O–H groups in total. The Morgan fingerprint density at radius 1 is 0.750 bits per heavy atom. The van der Waals surface area contributed by atoms with Crippen LogP contribution in [-0.2, 0) is 24.2 Å². The molecule has 0 aromatic heterocycles.